The Labute approximate surface area is 120 Å². The third kappa shape index (κ3) is 4.12. The molecule has 20 heavy (non-hydrogen) atoms. The monoisotopic (exact) mass is 268 g/mol. The van der Waals surface area contributed by atoms with Crippen molar-refractivity contribution in [3.05, 3.63) is 59.7 Å². The summed E-state index contributed by atoms with van der Waals surface area (Å²) in [5, 5.41) is 4.23. The van der Waals surface area contributed by atoms with E-state index in [9.17, 15) is 0 Å². The molecule has 3 nitrogen and oxygen atoms in total. The van der Waals surface area contributed by atoms with E-state index in [1.54, 1.807) is 0 Å². The fourth-order valence-corrected chi connectivity index (χ4v) is 1.82. The Bertz CT molecular complexity index is 564. The predicted molar refractivity (Wildman–Crippen MR) is 84.6 cm³/mol. The van der Waals surface area contributed by atoms with Crippen molar-refractivity contribution >= 4 is 11.9 Å². The van der Waals surface area contributed by atoms with Crippen molar-refractivity contribution in [1.82, 2.24) is 0 Å². The van der Waals surface area contributed by atoms with E-state index in [0.29, 0.717) is 0 Å². The molecule has 0 saturated carbocycles. The van der Waals surface area contributed by atoms with Crippen LogP contribution in [0, 0.1) is 6.92 Å². The lowest BCUT2D eigenvalue weighted by atomic mass is 10.1. The lowest BCUT2D eigenvalue weighted by Crippen LogP contribution is -1.97. The number of hydrazone groups is 1. The van der Waals surface area contributed by atoms with E-state index in [4.69, 9.17) is 4.74 Å². The van der Waals surface area contributed by atoms with E-state index in [1.807, 2.05) is 55.6 Å². The summed E-state index contributed by atoms with van der Waals surface area (Å²) < 4.78 is 5.65. The van der Waals surface area contributed by atoms with Gasteiger partial charge in [-0.05, 0) is 54.8 Å². The van der Waals surface area contributed by atoms with Gasteiger partial charge in [0.1, 0.15) is 5.75 Å². The lowest BCUT2D eigenvalue weighted by Gasteiger charge is -2.08. The molecule has 0 atom stereocenters. The number of benzene rings is 2. The highest BCUT2D eigenvalue weighted by Gasteiger charge is 1.99. The van der Waals surface area contributed by atoms with E-state index in [-0.39, 0.29) is 0 Å². The zero-order chi connectivity index (χ0) is 14.2. The molecule has 0 amide bonds. The number of hydrogen-bond donors (Lipinski definition) is 1. The highest BCUT2D eigenvalue weighted by Crippen LogP contribution is 2.18. The molecule has 0 heterocycles. The lowest BCUT2D eigenvalue weighted by molar-refractivity contribution is 0.315. The summed E-state index contributed by atoms with van der Waals surface area (Å²) in [4.78, 5) is 0. The van der Waals surface area contributed by atoms with Crippen LogP contribution in [0.4, 0.5) is 5.69 Å². The maximum Gasteiger partial charge on any atom is 0.122 e. The van der Waals surface area contributed by atoms with Crippen molar-refractivity contribution < 1.29 is 4.74 Å². The Morgan fingerprint density at radius 2 is 1.95 bits per heavy atom. The molecule has 104 valence electrons. The van der Waals surface area contributed by atoms with Crippen molar-refractivity contribution in [3.63, 3.8) is 0 Å². The molecule has 0 radical (unpaired) electrons. The first-order valence-electron chi connectivity index (χ1n) is 6.87. The van der Waals surface area contributed by atoms with Crippen molar-refractivity contribution in [2.45, 2.75) is 20.3 Å². The van der Waals surface area contributed by atoms with Gasteiger partial charge in [-0.1, -0.05) is 25.1 Å². The predicted octanol–water partition coefficient (Wildman–Crippen LogP) is 4.23. The van der Waals surface area contributed by atoms with Crippen LogP contribution in [0.15, 0.2) is 53.6 Å². The number of anilines is 1. The van der Waals surface area contributed by atoms with Gasteiger partial charge in [-0.15, -0.1) is 0 Å². The van der Waals surface area contributed by atoms with Gasteiger partial charge in [0.15, 0.2) is 0 Å². The quantitative estimate of drug-likeness (QED) is 0.628. The van der Waals surface area contributed by atoms with Crippen LogP contribution in [0.2, 0.25) is 0 Å². The Kier molecular flexibility index (Phi) is 5.18. The van der Waals surface area contributed by atoms with Gasteiger partial charge in [0.05, 0.1) is 18.5 Å². The zero-order valence-corrected chi connectivity index (χ0v) is 12.0. The van der Waals surface area contributed by atoms with Crippen LogP contribution in [0.3, 0.4) is 0 Å². The average molecular weight is 268 g/mol. The first kappa shape index (κ1) is 14.1. The summed E-state index contributed by atoms with van der Waals surface area (Å²) >= 11 is 0. The zero-order valence-electron chi connectivity index (χ0n) is 12.0. The van der Waals surface area contributed by atoms with Crippen LogP contribution < -0.4 is 10.2 Å². The van der Waals surface area contributed by atoms with Crippen LogP contribution in [0.5, 0.6) is 5.75 Å². The van der Waals surface area contributed by atoms with Gasteiger partial charge >= 0.3 is 0 Å². The summed E-state index contributed by atoms with van der Waals surface area (Å²) in [5.74, 6) is 0.944. The third-order valence-corrected chi connectivity index (χ3v) is 2.84. The SMILES string of the molecule is CCCOc1ccc(C=NNc2ccccc2)cc1C. The van der Waals surface area contributed by atoms with Crippen molar-refractivity contribution in [3.8, 4) is 5.75 Å². The van der Waals surface area contributed by atoms with Crippen LogP contribution >= 0.6 is 0 Å². The van der Waals surface area contributed by atoms with Gasteiger partial charge in [-0.25, -0.2) is 0 Å². The van der Waals surface area contributed by atoms with E-state index in [1.165, 1.54) is 0 Å². The maximum atomic E-state index is 5.65. The minimum absolute atomic E-state index is 0.754. The van der Waals surface area contributed by atoms with Gasteiger partial charge in [0, 0.05) is 0 Å². The molecule has 0 aliphatic heterocycles. The molecule has 0 bridgehead atoms. The standard InChI is InChI=1S/C17H20N2O/c1-3-11-20-17-10-9-15(12-14(17)2)13-18-19-16-7-5-4-6-8-16/h4-10,12-13,19H,3,11H2,1-2H3. The second kappa shape index (κ2) is 7.34. The van der Waals surface area contributed by atoms with Crippen molar-refractivity contribution in [1.29, 1.82) is 0 Å². The molecule has 0 aromatic heterocycles. The van der Waals surface area contributed by atoms with Crippen molar-refractivity contribution in [2.75, 3.05) is 12.0 Å². The number of rotatable bonds is 6. The minimum atomic E-state index is 0.754. The van der Waals surface area contributed by atoms with Gasteiger partial charge in [-0.3, -0.25) is 5.43 Å². The number of para-hydroxylation sites is 1. The topological polar surface area (TPSA) is 33.6 Å². The minimum Gasteiger partial charge on any atom is -0.493 e. The molecule has 2 rings (SSSR count). The van der Waals surface area contributed by atoms with E-state index in [2.05, 4.69) is 23.5 Å². The van der Waals surface area contributed by atoms with E-state index >= 15 is 0 Å². The Morgan fingerprint density at radius 3 is 2.65 bits per heavy atom. The van der Waals surface area contributed by atoms with Crippen LogP contribution in [0.1, 0.15) is 24.5 Å². The third-order valence-electron chi connectivity index (χ3n) is 2.84. The first-order chi connectivity index (χ1) is 9.79. The Hall–Kier alpha value is -2.29. The molecular weight excluding hydrogens is 248 g/mol. The largest absolute Gasteiger partial charge is 0.493 e. The van der Waals surface area contributed by atoms with Gasteiger partial charge in [0.25, 0.3) is 0 Å². The van der Waals surface area contributed by atoms with E-state index in [0.717, 1.165) is 35.6 Å². The maximum absolute atomic E-state index is 5.65. The molecule has 0 aliphatic carbocycles. The number of nitrogens with one attached hydrogen (secondary N) is 1. The van der Waals surface area contributed by atoms with Gasteiger partial charge in [-0.2, -0.15) is 5.10 Å². The number of ether oxygens (including phenoxy) is 1. The molecule has 0 spiro atoms. The molecular formula is C17H20N2O. The van der Waals surface area contributed by atoms with Gasteiger partial charge < -0.3 is 4.74 Å². The Balaban J connectivity index is 1.97. The Morgan fingerprint density at radius 1 is 1.15 bits per heavy atom. The summed E-state index contributed by atoms with van der Waals surface area (Å²) in [6.07, 6.45) is 2.83. The van der Waals surface area contributed by atoms with Crippen LogP contribution in [-0.4, -0.2) is 12.8 Å². The summed E-state index contributed by atoms with van der Waals surface area (Å²) in [7, 11) is 0. The molecule has 0 aliphatic rings. The number of nitrogens with zero attached hydrogens (tertiary/aromatic N) is 1. The molecule has 0 saturated heterocycles. The number of hydrogen-bond acceptors (Lipinski definition) is 3. The average Bonchev–Trinajstić information content (AvgIpc) is 2.47. The molecule has 2 aromatic carbocycles. The normalized spacial score (nSPS) is 10.7. The summed E-state index contributed by atoms with van der Waals surface area (Å²) in [6, 6.07) is 16.0. The first-order valence-corrected chi connectivity index (χ1v) is 6.87. The smallest absolute Gasteiger partial charge is 0.122 e. The van der Waals surface area contributed by atoms with E-state index < -0.39 is 0 Å². The fourth-order valence-electron chi connectivity index (χ4n) is 1.82. The molecule has 2 aromatic rings. The number of aryl methyl sites for hydroxylation is 1. The summed E-state index contributed by atoms with van der Waals surface area (Å²) in [5.41, 5.74) is 6.15. The summed E-state index contributed by atoms with van der Waals surface area (Å²) in [6.45, 7) is 4.91. The van der Waals surface area contributed by atoms with Crippen LogP contribution in [-0.2, 0) is 0 Å². The van der Waals surface area contributed by atoms with Crippen molar-refractivity contribution in [2.24, 2.45) is 5.10 Å². The van der Waals surface area contributed by atoms with Gasteiger partial charge in [0.2, 0.25) is 0 Å². The highest BCUT2D eigenvalue weighted by molar-refractivity contribution is 5.80. The molecule has 0 unspecified atom stereocenters. The highest BCUT2D eigenvalue weighted by atomic mass is 16.5. The second-order valence-electron chi connectivity index (χ2n) is 4.61. The molecule has 0 fully saturated rings. The van der Waals surface area contributed by atoms with Crippen LogP contribution in [0.25, 0.3) is 0 Å². The fraction of sp³-hybridized carbons (Fsp3) is 0.235. The molecule has 1 N–H and O–H groups in total. The molecule has 3 heteroatoms. The second-order valence-corrected chi connectivity index (χ2v) is 4.61.